The van der Waals surface area contributed by atoms with Gasteiger partial charge in [0.05, 0.1) is 18.2 Å². The van der Waals surface area contributed by atoms with Crippen molar-refractivity contribution in [3.05, 3.63) is 215 Å². The fourth-order valence-electron chi connectivity index (χ4n) is 8.33. The van der Waals surface area contributed by atoms with Crippen LogP contribution in [0.1, 0.15) is 110 Å². The number of fused-ring (bicyclic) bond motifs is 3. The second-order valence-corrected chi connectivity index (χ2v) is 22.4. The molecule has 0 spiro atoms. The molecule has 0 heterocycles. The summed E-state index contributed by atoms with van der Waals surface area (Å²) in [4.78, 5) is 92.3. The summed E-state index contributed by atoms with van der Waals surface area (Å²) < 4.78 is 86.7. The average Bonchev–Trinajstić information content (AvgIpc) is 0.831. The van der Waals surface area contributed by atoms with Crippen LogP contribution in [-0.4, -0.2) is 135 Å². The van der Waals surface area contributed by atoms with E-state index in [0.717, 1.165) is 41.1 Å². The maximum Gasteiger partial charge on any atom is 0.337 e. The lowest BCUT2D eigenvalue weighted by Crippen LogP contribution is -2.29. The number of carbonyl (C=O) groups excluding carboxylic acids is 7. The van der Waals surface area contributed by atoms with Crippen molar-refractivity contribution in [2.24, 2.45) is 11.5 Å². The zero-order valence-corrected chi connectivity index (χ0v) is 54.4. The Bertz CT molecular complexity index is 4500. The number of rotatable bonds is 22. The highest BCUT2D eigenvalue weighted by Gasteiger charge is 2.13. The molecule has 9 aromatic carbocycles. The molecule has 0 aliphatic rings. The number of aromatic carboxylic acids is 1. The SMILES string of the molecule is C.C.CC(=O)Oc1ccc2cc(C(=O)NCCCNC(=O)c3ccc(O)cc3)ccc2c1.CC(=O)Oc1ccc2cc(C(=O)O)ccc2c1.COC(=O)c1ccc(O)cc1.NCCCN.O=C(NCCCNC(=O)c1ccc2cc(OS(=O)(=O)[O-])ccc2c1)c1ccc(OS(=O)(=O)[O-])cc1. The van der Waals surface area contributed by atoms with Crippen molar-refractivity contribution in [3.63, 3.8) is 0 Å². The fraction of sp³-hybridized carbons (Fsp3) is 0.200. The lowest BCUT2D eigenvalue weighted by Gasteiger charge is -2.11. The van der Waals surface area contributed by atoms with E-state index in [0.29, 0.717) is 70.5 Å². The third kappa shape index (κ3) is 29.4. The van der Waals surface area contributed by atoms with E-state index in [4.69, 9.17) is 31.2 Å². The summed E-state index contributed by atoms with van der Waals surface area (Å²) in [5.41, 5.74) is 12.4. The molecule has 28 nitrogen and oxygen atoms in total. The van der Waals surface area contributed by atoms with Crippen LogP contribution in [0.25, 0.3) is 32.3 Å². The first-order valence-corrected chi connectivity index (χ1v) is 32.0. The topological polar surface area (TPSA) is 458 Å². The second kappa shape index (κ2) is 40.9. The first-order chi connectivity index (χ1) is 46.5. The van der Waals surface area contributed by atoms with Gasteiger partial charge >= 0.3 is 23.9 Å². The van der Waals surface area contributed by atoms with E-state index in [1.54, 1.807) is 91.0 Å². The molecule has 0 unspecified atom stereocenters. The summed E-state index contributed by atoms with van der Waals surface area (Å²) in [6.07, 6.45) is 1.94. The number of phenolic OH excluding ortho intramolecular Hbond substituents is 2. The van der Waals surface area contributed by atoms with Crippen LogP contribution in [0.15, 0.2) is 182 Å². The van der Waals surface area contributed by atoms with Gasteiger partial charge in [-0.1, -0.05) is 51.3 Å². The number of aromatic hydroxyl groups is 2. The largest absolute Gasteiger partial charge is 0.716 e. The number of carboxylic acid groups (broad SMARTS) is 1. The summed E-state index contributed by atoms with van der Waals surface area (Å²) in [5, 5.41) is 42.4. The van der Waals surface area contributed by atoms with Gasteiger partial charge in [0.1, 0.15) is 34.5 Å². The number of phenols is 2. The number of carboxylic acids is 1. The number of methoxy groups -OCH3 is 1. The van der Waals surface area contributed by atoms with Crippen molar-refractivity contribution in [2.75, 3.05) is 46.4 Å². The van der Waals surface area contributed by atoms with Crippen LogP contribution < -0.4 is 50.6 Å². The summed E-state index contributed by atoms with van der Waals surface area (Å²) >= 11 is 0. The number of ether oxygens (including phenoxy) is 3. The highest BCUT2D eigenvalue weighted by atomic mass is 32.3. The van der Waals surface area contributed by atoms with Gasteiger partial charge in [-0.15, -0.1) is 0 Å². The van der Waals surface area contributed by atoms with E-state index in [1.165, 1.54) is 112 Å². The molecule has 0 aromatic heterocycles. The highest BCUT2D eigenvalue weighted by molar-refractivity contribution is 7.81. The molecule has 0 atom stereocenters. The van der Waals surface area contributed by atoms with Gasteiger partial charge in [-0.25, -0.2) is 26.4 Å². The van der Waals surface area contributed by atoms with Gasteiger partial charge in [0.25, 0.3) is 44.4 Å². The molecule has 100 heavy (non-hydrogen) atoms. The maximum absolute atomic E-state index is 12.4. The number of nitrogens with two attached hydrogens (primary N) is 2. The monoisotopic (exact) mass is 1420 g/mol. The Morgan fingerprint density at radius 2 is 0.670 bits per heavy atom. The lowest BCUT2D eigenvalue weighted by atomic mass is 10.1. The molecule has 0 saturated heterocycles. The van der Waals surface area contributed by atoms with E-state index in [2.05, 4.69) is 34.4 Å². The van der Waals surface area contributed by atoms with Crippen LogP contribution in [0.2, 0.25) is 0 Å². The number of hydrogen-bond acceptors (Lipinski definition) is 23. The van der Waals surface area contributed by atoms with Crippen LogP contribution in [0.3, 0.4) is 0 Å². The Kier molecular flexibility index (Phi) is 33.8. The van der Waals surface area contributed by atoms with E-state index in [1.807, 2.05) is 0 Å². The van der Waals surface area contributed by atoms with Crippen molar-refractivity contribution < 1.29 is 102 Å². The molecule has 0 radical (unpaired) electrons. The maximum atomic E-state index is 12.4. The number of esters is 3. The molecule has 11 N–H and O–H groups in total. The molecule has 0 aliphatic carbocycles. The summed E-state index contributed by atoms with van der Waals surface area (Å²) in [5.74, 6) is -2.55. The Balaban J connectivity index is 0.000000359. The summed E-state index contributed by atoms with van der Waals surface area (Å²) in [6, 6.07) is 46.0. The van der Waals surface area contributed by atoms with Gasteiger partial charge < -0.3 is 79.7 Å². The molecule has 0 bridgehead atoms. The highest BCUT2D eigenvalue weighted by Crippen LogP contribution is 2.26. The Hall–Kier alpha value is -11.5. The van der Waals surface area contributed by atoms with Crippen molar-refractivity contribution >= 4 is 101 Å². The number of hydrogen-bond donors (Lipinski definition) is 9. The Morgan fingerprint density at radius 3 is 1.01 bits per heavy atom. The predicted molar refractivity (Wildman–Crippen MR) is 371 cm³/mol. The van der Waals surface area contributed by atoms with Gasteiger partial charge in [-0.2, -0.15) is 0 Å². The molecular formula is C70H76N6O22S2-2. The molecular weight excluding hydrogens is 1340 g/mol. The van der Waals surface area contributed by atoms with Crippen molar-refractivity contribution in [1.82, 2.24) is 21.3 Å². The quantitative estimate of drug-likeness (QED) is 0.0101. The number of amides is 4. The second-order valence-electron chi connectivity index (χ2n) is 20.4. The van der Waals surface area contributed by atoms with Crippen molar-refractivity contribution in [3.8, 4) is 34.5 Å². The van der Waals surface area contributed by atoms with Crippen LogP contribution in [0, 0.1) is 0 Å². The van der Waals surface area contributed by atoms with Crippen molar-refractivity contribution in [2.45, 2.75) is 48.0 Å². The zero-order valence-electron chi connectivity index (χ0n) is 52.8. The fourth-order valence-corrected chi connectivity index (χ4v) is 9.02. The van der Waals surface area contributed by atoms with Gasteiger partial charge in [0.15, 0.2) is 0 Å². The van der Waals surface area contributed by atoms with Crippen LogP contribution in [0.4, 0.5) is 0 Å². The van der Waals surface area contributed by atoms with Gasteiger partial charge in [0.2, 0.25) is 0 Å². The third-order valence-electron chi connectivity index (χ3n) is 12.9. The zero-order chi connectivity index (χ0) is 72.0. The molecule has 9 aromatic rings. The first-order valence-electron chi connectivity index (χ1n) is 29.3. The molecule has 4 amide bonds. The Labute approximate surface area is 577 Å². The van der Waals surface area contributed by atoms with Gasteiger partial charge in [-0.3, -0.25) is 28.8 Å². The summed E-state index contributed by atoms with van der Waals surface area (Å²) in [6.45, 7) is 5.45. The average molecular weight is 1420 g/mol. The predicted octanol–water partition coefficient (Wildman–Crippen LogP) is 8.30. The van der Waals surface area contributed by atoms with Crippen LogP contribution in [0.5, 0.6) is 34.5 Å². The Morgan fingerprint density at radius 1 is 0.390 bits per heavy atom. The van der Waals surface area contributed by atoms with Crippen molar-refractivity contribution in [1.29, 1.82) is 0 Å². The minimum Gasteiger partial charge on any atom is -0.716 e. The molecule has 0 fully saturated rings. The van der Waals surface area contributed by atoms with Gasteiger partial charge in [0, 0.05) is 62.3 Å². The minimum absolute atomic E-state index is 0. The van der Waals surface area contributed by atoms with Crippen LogP contribution in [-0.2, 0) is 35.1 Å². The number of nitrogens with one attached hydrogen (secondary N) is 4. The normalized spacial score (nSPS) is 10.3. The van der Waals surface area contributed by atoms with Gasteiger partial charge in [-0.05, 0) is 210 Å². The smallest absolute Gasteiger partial charge is 0.337 e. The third-order valence-corrected chi connectivity index (χ3v) is 13.7. The molecule has 532 valence electrons. The first kappa shape index (κ1) is 82.7. The molecule has 30 heteroatoms. The van der Waals surface area contributed by atoms with E-state index >= 15 is 0 Å². The number of benzene rings is 9. The standard InChI is InChI=1S/C23H22N2O5.C21H20N2O10S2.C13H10O4.C8H8O3.C3H10N2.2CH4/c1-15(26)30-21-10-7-17-13-19(4-3-18(17)14-21)23(29)25-12-2-11-24-22(28)16-5-8-20(27)9-6-16;24-20(14-4-7-18(8-5-14)32-34(26,27)28)22-10-1-11-23-21(25)17-3-2-16-13-19(33-35(29,30)31)9-6-15(16)12-17;1-8(14)17-12-5-4-9-6-11(13(15)16)3-2-10(9)7-12;1-11-8(10)6-2-4-7(9)5-3-6;4-2-1-3-5;;/h3-10,13-14,27H,2,11-12H2,1H3,(H,24,28)(H,25,29);2-9,12-13H,1,10-11H2,(H,22,24)(H,23,25)(H,26,27,28)(H,29,30,31);2-7H,1H3,(H,15,16);2-5,9H,1H3;1-5H2;2*1H4/p-2. The molecule has 0 aliphatic heterocycles. The lowest BCUT2D eigenvalue weighted by molar-refractivity contribution is -0.132. The molecule has 9 rings (SSSR count). The van der Waals surface area contributed by atoms with Crippen LogP contribution >= 0.6 is 0 Å². The summed E-state index contributed by atoms with van der Waals surface area (Å²) in [7, 11) is -8.47. The molecule has 0 saturated carbocycles. The van der Waals surface area contributed by atoms with E-state index < -0.39 is 38.6 Å². The van der Waals surface area contributed by atoms with E-state index in [-0.39, 0.29) is 91.7 Å². The number of carbonyl (C=O) groups is 8. The minimum atomic E-state index is -4.90. The van der Waals surface area contributed by atoms with E-state index in [9.17, 15) is 69.4 Å².